The molecule has 2 unspecified atom stereocenters. The van der Waals surface area contributed by atoms with Gasteiger partial charge in [-0.25, -0.2) is 4.79 Å². The van der Waals surface area contributed by atoms with Crippen molar-refractivity contribution in [3.05, 3.63) is 0 Å². The topological polar surface area (TPSA) is 64.6 Å². The van der Waals surface area contributed by atoms with Crippen LogP contribution in [0.1, 0.15) is 27.7 Å². The molecule has 0 aliphatic heterocycles. The van der Waals surface area contributed by atoms with Gasteiger partial charge in [0.1, 0.15) is 0 Å². The summed E-state index contributed by atoms with van der Waals surface area (Å²) in [5.41, 5.74) is -0.379. The number of amides is 1. The SMILES string of the molecule is COC(=O)C(NC=O)C(C)OC(C)(C)C. The zero-order chi connectivity index (χ0) is 12.1. The van der Waals surface area contributed by atoms with Crippen molar-refractivity contribution in [2.45, 2.75) is 45.4 Å². The lowest BCUT2D eigenvalue weighted by Crippen LogP contribution is -2.48. The lowest BCUT2D eigenvalue weighted by Gasteiger charge is -2.29. The first kappa shape index (κ1) is 13.9. The van der Waals surface area contributed by atoms with Gasteiger partial charge in [0.05, 0.1) is 18.8 Å². The van der Waals surface area contributed by atoms with Crippen molar-refractivity contribution in [2.75, 3.05) is 7.11 Å². The van der Waals surface area contributed by atoms with E-state index in [9.17, 15) is 9.59 Å². The van der Waals surface area contributed by atoms with Crippen molar-refractivity contribution in [1.29, 1.82) is 0 Å². The minimum Gasteiger partial charge on any atom is -0.467 e. The third-order valence-corrected chi connectivity index (χ3v) is 1.71. The van der Waals surface area contributed by atoms with Gasteiger partial charge in [0.2, 0.25) is 6.41 Å². The van der Waals surface area contributed by atoms with Gasteiger partial charge in [-0.2, -0.15) is 0 Å². The Hall–Kier alpha value is -1.10. The molecule has 0 bridgehead atoms. The Morgan fingerprint density at radius 2 is 1.93 bits per heavy atom. The van der Waals surface area contributed by atoms with Crippen molar-refractivity contribution in [3.63, 3.8) is 0 Å². The van der Waals surface area contributed by atoms with Gasteiger partial charge in [-0.15, -0.1) is 0 Å². The number of hydrogen-bond donors (Lipinski definition) is 1. The van der Waals surface area contributed by atoms with Crippen LogP contribution in [0.15, 0.2) is 0 Å². The summed E-state index contributed by atoms with van der Waals surface area (Å²) in [5, 5.41) is 2.38. The van der Waals surface area contributed by atoms with Crippen LogP contribution >= 0.6 is 0 Å². The van der Waals surface area contributed by atoms with Crippen molar-refractivity contribution in [3.8, 4) is 0 Å². The van der Waals surface area contributed by atoms with E-state index in [0.29, 0.717) is 6.41 Å². The van der Waals surface area contributed by atoms with Gasteiger partial charge < -0.3 is 14.8 Å². The predicted molar refractivity (Wildman–Crippen MR) is 55.3 cm³/mol. The zero-order valence-electron chi connectivity index (χ0n) is 9.87. The van der Waals surface area contributed by atoms with E-state index >= 15 is 0 Å². The molecule has 0 aromatic heterocycles. The standard InChI is InChI=1S/C10H19NO4/c1-7(15-10(2,3)4)8(11-6-12)9(13)14-5/h6-8H,1-5H3,(H,11,12). The molecule has 1 amide bonds. The molecule has 0 aliphatic carbocycles. The van der Waals surface area contributed by atoms with Gasteiger partial charge in [-0.3, -0.25) is 4.79 Å². The third kappa shape index (κ3) is 5.37. The average molecular weight is 217 g/mol. The van der Waals surface area contributed by atoms with Crippen LogP contribution in [0, 0.1) is 0 Å². The summed E-state index contributed by atoms with van der Waals surface area (Å²) in [4.78, 5) is 21.6. The molecule has 0 saturated carbocycles. The van der Waals surface area contributed by atoms with Crippen molar-refractivity contribution < 1.29 is 19.1 Å². The highest BCUT2D eigenvalue weighted by Crippen LogP contribution is 2.13. The molecule has 1 N–H and O–H groups in total. The highest BCUT2D eigenvalue weighted by Gasteiger charge is 2.29. The number of methoxy groups -OCH3 is 1. The van der Waals surface area contributed by atoms with Crippen molar-refractivity contribution in [2.24, 2.45) is 0 Å². The van der Waals surface area contributed by atoms with Gasteiger partial charge in [-0.1, -0.05) is 0 Å². The van der Waals surface area contributed by atoms with Gasteiger partial charge in [0.25, 0.3) is 0 Å². The first-order valence-electron chi connectivity index (χ1n) is 4.77. The van der Waals surface area contributed by atoms with Crippen LogP contribution in [-0.2, 0) is 19.1 Å². The van der Waals surface area contributed by atoms with Gasteiger partial charge in [-0.05, 0) is 27.7 Å². The molecule has 0 rings (SSSR count). The fourth-order valence-electron chi connectivity index (χ4n) is 1.22. The molecule has 0 aromatic rings. The largest absolute Gasteiger partial charge is 0.467 e. The molecule has 0 heterocycles. The Kier molecular flexibility index (Phi) is 5.28. The van der Waals surface area contributed by atoms with Gasteiger partial charge in [0, 0.05) is 0 Å². The molecule has 15 heavy (non-hydrogen) atoms. The fourth-order valence-corrected chi connectivity index (χ4v) is 1.22. The van der Waals surface area contributed by atoms with E-state index in [1.807, 2.05) is 20.8 Å². The number of ether oxygens (including phenoxy) is 2. The third-order valence-electron chi connectivity index (χ3n) is 1.71. The molecule has 0 radical (unpaired) electrons. The molecular weight excluding hydrogens is 198 g/mol. The summed E-state index contributed by atoms with van der Waals surface area (Å²) in [6.45, 7) is 7.33. The number of hydrogen-bond acceptors (Lipinski definition) is 4. The van der Waals surface area contributed by atoms with E-state index in [1.165, 1.54) is 7.11 Å². The van der Waals surface area contributed by atoms with Crippen LogP contribution in [0.5, 0.6) is 0 Å². The van der Waals surface area contributed by atoms with Gasteiger partial charge in [0.15, 0.2) is 6.04 Å². The van der Waals surface area contributed by atoms with E-state index in [1.54, 1.807) is 6.92 Å². The number of carbonyl (C=O) groups excluding carboxylic acids is 2. The van der Waals surface area contributed by atoms with Crippen LogP contribution in [-0.4, -0.2) is 37.2 Å². The Morgan fingerprint density at radius 3 is 2.27 bits per heavy atom. The number of esters is 1. The summed E-state index contributed by atoms with van der Waals surface area (Å²) in [6, 6.07) is -0.772. The minimum absolute atomic E-state index is 0.379. The predicted octanol–water partition coefficient (Wildman–Crippen LogP) is 0.478. The van der Waals surface area contributed by atoms with Crippen LogP contribution in [0.4, 0.5) is 0 Å². The molecule has 2 atom stereocenters. The summed E-state index contributed by atoms with van der Waals surface area (Å²) >= 11 is 0. The number of carbonyl (C=O) groups is 2. The van der Waals surface area contributed by atoms with Gasteiger partial charge >= 0.3 is 5.97 Å². The fraction of sp³-hybridized carbons (Fsp3) is 0.800. The van der Waals surface area contributed by atoms with E-state index < -0.39 is 18.1 Å². The average Bonchev–Trinajstić information content (AvgIpc) is 2.10. The summed E-state index contributed by atoms with van der Waals surface area (Å²) in [6.07, 6.45) is 0.0204. The lowest BCUT2D eigenvalue weighted by atomic mass is 10.1. The number of nitrogens with one attached hydrogen (secondary N) is 1. The van der Waals surface area contributed by atoms with Crippen molar-refractivity contribution >= 4 is 12.4 Å². The number of rotatable bonds is 5. The summed E-state index contributed by atoms with van der Waals surface area (Å²) in [5.74, 6) is -0.515. The van der Waals surface area contributed by atoms with E-state index in [0.717, 1.165) is 0 Å². The second-order valence-corrected chi connectivity index (χ2v) is 4.22. The Morgan fingerprint density at radius 1 is 1.40 bits per heavy atom. The molecule has 5 heteroatoms. The van der Waals surface area contributed by atoms with Crippen LogP contribution in [0.2, 0.25) is 0 Å². The van der Waals surface area contributed by atoms with Crippen LogP contribution in [0.3, 0.4) is 0 Å². The second kappa shape index (κ2) is 5.70. The maximum Gasteiger partial charge on any atom is 0.331 e. The monoisotopic (exact) mass is 217 g/mol. The highest BCUT2D eigenvalue weighted by molar-refractivity contribution is 5.78. The maximum atomic E-state index is 11.3. The summed E-state index contributed by atoms with van der Waals surface area (Å²) in [7, 11) is 1.27. The molecular formula is C10H19NO4. The normalized spacial score (nSPS) is 15.3. The molecule has 88 valence electrons. The Labute approximate surface area is 90.1 Å². The first-order chi connectivity index (χ1) is 6.81. The quantitative estimate of drug-likeness (QED) is 0.537. The lowest BCUT2D eigenvalue weighted by molar-refractivity contribution is -0.152. The molecule has 0 aliphatic rings. The highest BCUT2D eigenvalue weighted by atomic mass is 16.5. The van der Waals surface area contributed by atoms with E-state index in [-0.39, 0.29) is 5.60 Å². The maximum absolute atomic E-state index is 11.3. The Bertz CT molecular complexity index is 222. The van der Waals surface area contributed by atoms with E-state index in [2.05, 4.69) is 10.1 Å². The molecule has 0 saturated heterocycles. The Balaban J connectivity index is 4.48. The molecule has 0 aromatic carbocycles. The zero-order valence-corrected chi connectivity index (χ0v) is 9.87. The molecule has 5 nitrogen and oxygen atoms in total. The minimum atomic E-state index is -0.772. The second-order valence-electron chi connectivity index (χ2n) is 4.22. The smallest absolute Gasteiger partial charge is 0.331 e. The molecule has 0 spiro atoms. The van der Waals surface area contributed by atoms with Crippen molar-refractivity contribution in [1.82, 2.24) is 5.32 Å². The van der Waals surface area contributed by atoms with E-state index in [4.69, 9.17) is 4.74 Å². The summed E-state index contributed by atoms with van der Waals surface area (Å²) < 4.78 is 10.1. The first-order valence-corrected chi connectivity index (χ1v) is 4.77. The van der Waals surface area contributed by atoms with Crippen LogP contribution < -0.4 is 5.32 Å². The van der Waals surface area contributed by atoms with Crippen LogP contribution in [0.25, 0.3) is 0 Å². The molecule has 0 fully saturated rings.